The van der Waals surface area contributed by atoms with Gasteiger partial charge in [0.15, 0.2) is 5.82 Å². The predicted octanol–water partition coefficient (Wildman–Crippen LogP) is 1.82. The molecule has 0 aromatic carbocycles. The monoisotopic (exact) mass is 207 g/mol. The highest BCUT2D eigenvalue weighted by atomic mass is 16.5. The van der Waals surface area contributed by atoms with Crippen LogP contribution in [0.5, 0.6) is 0 Å². The van der Waals surface area contributed by atoms with Gasteiger partial charge in [0.1, 0.15) is 12.2 Å². The molecule has 0 aliphatic carbocycles. The average molecular weight is 207 g/mol. The Morgan fingerprint density at radius 3 is 2.80 bits per heavy atom. The van der Waals surface area contributed by atoms with E-state index in [4.69, 9.17) is 9.78 Å². The highest BCUT2D eigenvalue weighted by molar-refractivity contribution is 5.91. The molecule has 0 spiro atoms. The van der Waals surface area contributed by atoms with E-state index in [-0.39, 0.29) is 17.7 Å². The molecule has 5 heteroatoms. The molecule has 5 nitrogen and oxygen atoms in total. The lowest BCUT2D eigenvalue weighted by atomic mass is 9.93. The van der Waals surface area contributed by atoms with Gasteiger partial charge in [-0.15, -0.1) is 0 Å². The van der Waals surface area contributed by atoms with Crippen molar-refractivity contribution in [2.45, 2.75) is 32.6 Å². The Bertz CT molecular complexity index is 396. The van der Waals surface area contributed by atoms with Gasteiger partial charge in [0.25, 0.3) is 0 Å². The number of aromatic nitrogens is 1. The third-order valence-electron chi connectivity index (χ3n) is 1.76. The van der Waals surface area contributed by atoms with Crippen molar-refractivity contribution in [3.63, 3.8) is 0 Å². The summed E-state index contributed by atoms with van der Waals surface area (Å²) in [5, 5.41) is 14.5. The summed E-state index contributed by atoms with van der Waals surface area (Å²) in [4.78, 5) is 11.1. The van der Waals surface area contributed by atoms with E-state index >= 15 is 0 Å². The smallest absolute Gasteiger partial charge is 0.239 e. The maximum absolute atomic E-state index is 11.1. The molecule has 1 amide bonds. The largest absolute Gasteiger partial charge is 0.359 e. The molecule has 0 radical (unpaired) electrons. The Morgan fingerprint density at radius 2 is 2.33 bits per heavy atom. The normalized spacial score (nSPS) is 10.8. The van der Waals surface area contributed by atoms with E-state index in [1.807, 2.05) is 20.8 Å². The van der Waals surface area contributed by atoms with Gasteiger partial charge < -0.3 is 9.84 Å². The van der Waals surface area contributed by atoms with Crippen LogP contribution in [0.3, 0.4) is 0 Å². The molecule has 1 rings (SSSR count). The molecule has 1 aromatic rings. The molecule has 0 bridgehead atoms. The summed E-state index contributed by atoms with van der Waals surface area (Å²) in [5.41, 5.74) is -0.148. The minimum atomic E-state index is -0.383. The molecule has 0 aliphatic heterocycles. The summed E-state index contributed by atoms with van der Waals surface area (Å²) in [6.07, 6.45) is -0.183. The van der Waals surface area contributed by atoms with Crippen molar-refractivity contribution in [2.75, 3.05) is 5.32 Å². The van der Waals surface area contributed by atoms with Crippen molar-refractivity contribution < 1.29 is 9.32 Å². The van der Waals surface area contributed by atoms with Gasteiger partial charge in [-0.25, -0.2) is 0 Å². The minimum Gasteiger partial charge on any atom is -0.359 e. The summed E-state index contributed by atoms with van der Waals surface area (Å²) >= 11 is 0. The fourth-order valence-corrected chi connectivity index (χ4v) is 0.946. The third kappa shape index (κ3) is 3.09. The first kappa shape index (κ1) is 11.2. The zero-order valence-electron chi connectivity index (χ0n) is 9.00. The number of rotatable bonds is 2. The first-order chi connectivity index (χ1) is 6.93. The first-order valence-electron chi connectivity index (χ1n) is 4.57. The molecule has 15 heavy (non-hydrogen) atoms. The number of nitriles is 1. The fraction of sp³-hybridized carbons (Fsp3) is 0.500. The maximum atomic E-state index is 11.1. The lowest BCUT2D eigenvalue weighted by molar-refractivity contribution is -0.115. The molecule has 0 saturated carbocycles. The summed E-state index contributed by atoms with van der Waals surface area (Å²) in [7, 11) is 0. The Morgan fingerprint density at radius 1 is 1.67 bits per heavy atom. The van der Waals surface area contributed by atoms with Gasteiger partial charge in [-0.2, -0.15) is 5.26 Å². The van der Waals surface area contributed by atoms with Crippen LogP contribution in [-0.2, 0) is 10.2 Å². The van der Waals surface area contributed by atoms with Crippen LogP contribution in [0.15, 0.2) is 10.6 Å². The second-order valence-electron chi connectivity index (χ2n) is 4.21. The van der Waals surface area contributed by atoms with E-state index in [2.05, 4.69) is 10.5 Å². The van der Waals surface area contributed by atoms with Gasteiger partial charge in [0.05, 0.1) is 6.07 Å². The van der Waals surface area contributed by atoms with Crippen LogP contribution in [0.2, 0.25) is 0 Å². The predicted molar refractivity (Wildman–Crippen MR) is 54.1 cm³/mol. The van der Waals surface area contributed by atoms with Crippen LogP contribution in [0, 0.1) is 11.3 Å². The molecular weight excluding hydrogens is 194 g/mol. The topological polar surface area (TPSA) is 78.9 Å². The van der Waals surface area contributed by atoms with Gasteiger partial charge in [-0.05, 0) is 0 Å². The van der Waals surface area contributed by atoms with Crippen LogP contribution >= 0.6 is 0 Å². The van der Waals surface area contributed by atoms with Gasteiger partial charge in [0.2, 0.25) is 5.91 Å². The van der Waals surface area contributed by atoms with Crippen molar-refractivity contribution in [1.29, 1.82) is 5.26 Å². The number of nitrogens with one attached hydrogen (secondary N) is 1. The van der Waals surface area contributed by atoms with E-state index in [0.29, 0.717) is 11.6 Å². The van der Waals surface area contributed by atoms with Gasteiger partial charge in [-0.1, -0.05) is 25.9 Å². The molecule has 0 atom stereocenters. The van der Waals surface area contributed by atoms with Crippen molar-refractivity contribution in [3.8, 4) is 6.07 Å². The Hall–Kier alpha value is -1.83. The summed E-state index contributed by atoms with van der Waals surface area (Å²) in [6, 6.07) is 3.42. The summed E-state index contributed by atoms with van der Waals surface area (Å²) in [5.74, 6) is 0.654. The average Bonchev–Trinajstić information content (AvgIpc) is 2.52. The minimum absolute atomic E-state index is 0.148. The Kier molecular flexibility index (Phi) is 3.10. The molecule has 0 saturated heterocycles. The van der Waals surface area contributed by atoms with Gasteiger partial charge in [-0.3, -0.25) is 4.79 Å². The van der Waals surface area contributed by atoms with Crippen molar-refractivity contribution in [2.24, 2.45) is 0 Å². The zero-order chi connectivity index (χ0) is 11.5. The first-order valence-corrected chi connectivity index (χ1v) is 4.57. The van der Waals surface area contributed by atoms with E-state index in [1.54, 1.807) is 12.1 Å². The summed E-state index contributed by atoms with van der Waals surface area (Å²) in [6.45, 7) is 5.94. The van der Waals surface area contributed by atoms with Crippen LogP contribution < -0.4 is 5.32 Å². The van der Waals surface area contributed by atoms with Crippen molar-refractivity contribution in [1.82, 2.24) is 5.16 Å². The molecule has 1 N–H and O–H groups in total. The van der Waals surface area contributed by atoms with Crippen LogP contribution in [-0.4, -0.2) is 11.1 Å². The molecule has 80 valence electrons. The Labute approximate surface area is 88.1 Å². The Balaban J connectivity index is 2.70. The lowest BCUT2D eigenvalue weighted by Crippen LogP contribution is -2.11. The van der Waals surface area contributed by atoms with Crippen molar-refractivity contribution >= 4 is 11.7 Å². The number of nitrogens with zero attached hydrogens (tertiary/aromatic N) is 2. The van der Waals surface area contributed by atoms with E-state index < -0.39 is 0 Å². The number of amides is 1. The summed E-state index contributed by atoms with van der Waals surface area (Å²) < 4.78 is 5.06. The highest BCUT2D eigenvalue weighted by Crippen LogP contribution is 2.24. The number of hydrogen-bond donors (Lipinski definition) is 1. The molecular formula is C10H13N3O2. The second-order valence-corrected chi connectivity index (χ2v) is 4.21. The zero-order valence-corrected chi connectivity index (χ0v) is 9.00. The number of carbonyl (C=O) groups excluding carboxylic acids is 1. The van der Waals surface area contributed by atoms with Gasteiger partial charge in [0, 0.05) is 11.5 Å². The lowest BCUT2D eigenvalue weighted by Gasteiger charge is -2.11. The molecule has 0 fully saturated rings. The quantitative estimate of drug-likeness (QED) is 0.802. The molecule has 1 heterocycles. The number of hydrogen-bond acceptors (Lipinski definition) is 4. The van der Waals surface area contributed by atoms with Crippen LogP contribution in [0.1, 0.15) is 33.0 Å². The number of carbonyl (C=O) groups is 1. The molecule has 0 unspecified atom stereocenters. The van der Waals surface area contributed by atoms with Crippen molar-refractivity contribution in [3.05, 3.63) is 11.8 Å². The van der Waals surface area contributed by atoms with E-state index in [1.165, 1.54) is 0 Å². The standard InChI is InChI=1S/C10H13N3O2/c1-10(2,3)7-6-8(13-15-7)12-9(14)4-5-11/h6H,4H2,1-3H3,(H,12,13,14). The number of anilines is 1. The van der Waals surface area contributed by atoms with Crippen LogP contribution in [0.25, 0.3) is 0 Å². The third-order valence-corrected chi connectivity index (χ3v) is 1.76. The highest BCUT2D eigenvalue weighted by Gasteiger charge is 2.20. The molecule has 0 aliphatic rings. The van der Waals surface area contributed by atoms with Gasteiger partial charge >= 0.3 is 0 Å². The van der Waals surface area contributed by atoms with E-state index in [0.717, 1.165) is 0 Å². The van der Waals surface area contributed by atoms with Crippen LogP contribution in [0.4, 0.5) is 5.82 Å². The molecule has 1 aromatic heterocycles. The van der Waals surface area contributed by atoms with E-state index in [9.17, 15) is 4.79 Å². The maximum Gasteiger partial charge on any atom is 0.239 e. The SMILES string of the molecule is CC(C)(C)c1cc(NC(=O)CC#N)no1. The second kappa shape index (κ2) is 4.13. The fourth-order valence-electron chi connectivity index (χ4n) is 0.946.